The van der Waals surface area contributed by atoms with E-state index in [-0.39, 0.29) is 24.0 Å². The predicted molar refractivity (Wildman–Crippen MR) is 106 cm³/mol. The van der Waals surface area contributed by atoms with Gasteiger partial charge in [-0.3, -0.25) is 4.79 Å². The molecular weight excluding hydrogens is 338 g/mol. The van der Waals surface area contributed by atoms with E-state index in [0.29, 0.717) is 26.1 Å². The standard InChI is InChI=1S/C22H27N3O2/c1-3-24(15-18-10-6-4-7-11-18)22(27)23-20-14-21(26)25(16-20)17(2)19-12-8-5-9-13-19/h4-13,17,20H,3,14-16H2,1-2H3,(H,23,27). The third-order valence-corrected chi connectivity index (χ3v) is 5.12. The molecule has 3 amide bonds. The molecule has 0 spiro atoms. The van der Waals surface area contributed by atoms with Crippen LogP contribution in [0.5, 0.6) is 0 Å². The van der Waals surface area contributed by atoms with Crippen molar-refractivity contribution in [3.63, 3.8) is 0 Å². The summed E-state index contributed by atoms with van der Waals surface area (Å²) in [7, 11) is 0. The quantitative estimate of drug-likeness (QED) is 0.851. The van der Waals surface area contributed by atoms with Gasteiger partial charge in [-0.2, -0.15) is 0 Å². The molecule has 1 heterocycles. The number of hydrogen-bond acceptors (Lipinski definition) is 2. The van der Waals surface area contributed by atoms with Crippen LogP contribution < -0.4 is 5.32 Å². The van der Waals surface area contributed by atoms with Gasteiger partial charge in [0.05, 0.1) is 12.1 Å². The van der Waals surface area contributed by atoms with Crippen LogP contribution >= 0.6 is 0 Å². The van der Waals surface area contributed by atoms with Crippen LogP contribution in [0.2, 0.25) is 0 Å². The number of amides is 3. The number of likely N-dealkylation sites (tertiary alicyclic amines) is 1. The molecule has 27 heavy (non-hydrogen) atoms. The van der Waals surface area contributed by atoms with Gasteiger partial charge in [-0.25, -0.2) is 4.79 Å². The first kappa shape index (κ1) is 19.0. The zero-order chi connectivity index (χ0) is 19.2. The van der Waals surface area contributed by atoms with E-state index in [0.717, 1.165) is 11.1 Å². The summed E-state index contributed by atoms with van der Waals surface area (Å²) >= 11 is 0. The van der Waals surface area contributed by atoms with Crippen molar-refractivity contribution in [2.45, 2.75) is 38.9 Å². The zero-order valence-corrected chi connectivity index (χ0v) is 16.0. The van der Waals surface area contributed by atoms with Crippen molar-refractivity contribution in [2.24, 2.45) is 0 Å². The molecule has 2 atom stereocenters. The van der Waals surface area contributed by atoms with Crippen molar-refractivity contribution in [3.8, 4) is 0 Å². The van der Waals surface area contributed by atoms with Gasteiger partial charge in [0.25, 0.3) is 0 Å². The van der Waals surface area contributed by atoms with Crippen LogP contribution in [0.3, 0.4) is 0 Å². The normalized spacial score (nSPS) is 17.6. The molecule has 0 aliphatic carbocycles. The van der Waals surface area contributed by atoms with Crippen molar-refractivity contribution in [1.82, 2.24) is 15.1 Å². The largest absolute Gasteiger partial charge is 0.334 e. The fraction of sp³-hybridized carbons (Fsp3) is 0.364. The van der Waals surface area contributed by atoms with Crippen LogP contribution in [-0.4, -0.2) is 40.9 Å². The number of nitrogens with zero attached hydrogens (tertiary/aromatic N) is 2. The average Bonchev–Trinajstić information content (AvgIpc) is 3.06. The lowest BCUT2D eigenvalue weighted by Gasteiger charge is -2.26. The molecule has 1 saturated heterocycles. The smallest absolute Gasteiger partial charge is 0.317 e. The Morgan fingerprint density at radius 3 is 2.41 bits per heavy atom. The second kappa shape index (κ2) is 8.71. The number of rotatable bonds is 6. The summed E-state index contributed by atoms with van der Waals surface area (Å²) in [6.07, 6.45) is 0.353. The van der Waals surface area contributed by atoms with Crippen LogP contribution in [0, 0.1) is 0 Å². The molecule has 1 aliphatic rings. The maximum atomic E-state index is 12.7. The lowest BCUT2D eigenvalue weighted by molar-refractivity contribution is -0.129. The Labute approximate surface area is 161 Å². The molecule has 0 radical (unpaired) electrons. The molecule has 1 aliphatic heterocycles. The molecule has 2 aromatic carbocycles. The van der Waals surface area contributed by atoms with E-state index < -0.39 is 0 Å². The number of benzene rings is 2. The number of nitrogens with one attached hydrogen (secondary N) is 1. The summed E-state index contributed by atoms with van der Waals surface area (Å²) in [5, 5.41) is 3.04. The fourth-order valence-electron chi connectivity index (χ4n) is 3.51. The van der Waals surface area contributed by atoms with Crippen LogP contribution in [0.4, 0.5) is 4.79 Å². The van der Waals surface area contributed by atoms with Crippen LogP contribution in [0.15, 0.2) is 60.7 Å². The summed E-state index contributed by atoms with van der Waals surface area (Å²) in [5.41, 5.74) is 2.20. The first-order chi connectivity index (χ1) is 13.1. The minimum atomic E-state index is -0.152. The second-order valence-corrected chi connectivity index (χ2v) is 6.98. The molecule has 1 N–H and O–H groups in total. The third kappa shape index (κ3) is 4.67. The number of carbonyl (C=O) groups is 2. The number of urea groups is 1. The highest BCUT2D eigenvalue weighted by atomic mass is 16.2. The minimum absolute atomic E-state index is 0.00667. The first-order valence-corrected chi connectivity index (χ1v) is 9.52. The van der Waals surface area contributed by atoms with Crippen LogP contribution in [-0.2, 0) is 11.3 Å². The van der Waals surface area contributed by atoms with Crippen molar-refractivity contribution in [2.75, 3.05) is 13.1 Å². The molecule has 142 valence electrons. The highest BCUT2D eigenvalue weighted by molar-refractivity contribution is 5.82. The Morgan fingerprint density at radius 1 is 1.15 bits per heavy atom. The summed E-state index contributed by atoms with van der Waals surface area (Å²) < 4.78 is 0. The van der Waals surface area contributed by atoms with E-state index in [9.17, 15) is 9.59 Å². The van der Waals surface area contributed by atoms with Gasteiger partial charge in [-0.05, 0) is 25.0 Å². The van der Waals surface area contributed by atoms with E-state index in [1.54, 1.807) is 4.90 Å². The van der Waals surface area contributed by atoms with Crippen LogP contribution in [0.1, 0.15) is 37.4 Å². The highest BCUT2D eigenvalue weighted by Crippen LogP contribution is 2.25. The van der Waals surface area contributed by atoms with Gasteiger partial charge in [0.15, 0.2) is 0 Å². The van der Waals surface area contributed by atoms with E-state index >= 15 is 0 Å². The maximum absolute atomic E-state index is 12.7. The first-order valence-electron chi connectivity index (χ1n) is 9.52. The highest BCUT2D eigenvalue weighted by Gasteiger charge is 2.34. The Morgan fingerprint density at radius 2 is 1.78 bits per heavy atom. The molecule has 2 aromatic rings. The lowest BCUT2D eigenvalue weighted by Crippen LogP contribution is -2.45. The van der Waals surface area contributed by atoms with Gasteiger partial charge < -0.3 is 15.1 Å². The van der Waals surface area contributed by atoms with Crippen molar-refractivity contribution < 1.29 is 9.59 Å². The summed E-state index contributed by atoms with van der Waals surface area (Å²) in [5.74, 6) is 0.0859. The SMILES string of the molecule is CCN(Cc1ccccc1)C(=O)NC1CC(=O)N(C(C)c2ccccc2)C1. The maximum Gasteiger partial charge on any atom is 0.317 e. The minimum Gasteiger partial charge on any atom is -0.334 e. The molecule has 0 aromatic heterocycles. The predicted octanol–water partition coefficient (Wildman–Crippen LogP) is 3.58. The van der Waals surface area contributed by atoms with Gasteiger partial charge in [-0.1, -0.05) is 60.7 Å². The van der Waals surface area contributed by atoms with Gasteiger partial charge >= 0.3 is 6.03 Å². The summed E-state index contributed by atoms with van der Waals surface area (Å²) in [6, 6.07) is 19.7. The summed E-state index contributed by atoms with van der Waals surface area (Å²) in [6.45, 7) is 5.72. The van der Waals surface area contributed by atoms with E-state index in [2.05, 4.69) is 5.32 Å². The van der Waals surface area contributed by atoms with Crippen molar-refractivity contribution >= 4 is 11.9 Å². The average molecular weight is 365 g/mol. The monoisotopic (exact) mass is 365 g/mol. The van der Waals surface area contributed by atoms with Crippen molar-refractivity contribution in [3.05, 3.63) is 71.8 Å². The van der Waals surface area contributed by atoms with Gasteiger partial charge in [0.2, 0.25) is 5.91 Å². The molecule has 2 unspecified atom stereocenters. The zero-order valence-electron chi connectivity index (χ0n) is 16.0. The molecule has 0 saturated carbocycles. The Bertz CT molecular complexity index is 764. The molecule has 1 fully saturated rings. The molecule has 0 bridgehead atoms. The Kier molecular flexibility index (Phi) is 6.12. The molecule has 5 heteroatoms. The summed E-state index contributed by atoms with van der Waals surface area (Å²) in [4.78, 5) is 28.8. The van der Waals surface area contributed by atoms with E-state index in [4.69, 9.17) is 0 Å². The number of hydrogen-bond donors (Lipinski definition) is 1. The van der Waals surface area contributed by atoms with Gasteiger partial charge in [0, 0.05) is 26.1 Å². The number of carbonyl (C=O) groups excluding carboxylic acids is 2. The molecular formula is C22H27N3O2. The van der Waals surface area contributed by atoms with Crippen molar-refractivity contribution in [1.29, 1.82) is 0 Å². The van der Waals surface area contributed by atoms with E-state index in [1.807, 2.05) is 79.4 Å². The van der Waals surface area contributed by atoms with Crippen LogP contribution in [0.25, 0.3) is 0 Å². The van der Waals surface area contributed by atoms with Gasteiger partial charge in [-0.15, -0.1) is 0 Å². The Balaban J connectivity index is 1.59. The topological polar surface area (TPSA) is 52.7 Å². The van der Waals surface area contributed by atoms with E-state index in [1.165, 1.54) is 0 Å². The fourth-order valence-corrected chi connectivity index (χ4v) is 3.51. The Hall–Kier alpha value is -2.82. The molecule has 3 rings (SSSR count). The van der Waals surface area contributed by atoms with Gasteiger partial charge in [0.1, 0.15) is 0 Å². The molecule has 5 nitrogen and oxygen atoms in total. The third-order valence-electron chi connectivity index (χ3n) is 5.12. The lowest BCUT2D eigenvalue weighted by atomic mass is 10.1. The second-order valence-electron chi connectivity index (χ2n) is 6.98.